The van der Waals surface area contributed by atoms with Crippen LogP contribution in [0.4, 0.5) is 0 Å². The molecule has 0 saturated carbocycles. The summed E-state index contributed by atoms with van der Waals surface area (Å²) in [5.74, 6) is 0. The summed E-state index contributed by atoms with van der Waals surface area (Å²) in [7, 11) is 0. The monoisotopic (exact) mass is 71.0 g/mol. The van der Waals surface area contributed by atoms with Gasteiger partial charge in [-0.3, -0.25) is 0 Å². The molecule has 1 rings (SSSR count). The lowest BCUT2D eigenvalue weighted by molar-refractivity contribution is 0.158. The van der Waals surface area contributed by atoms with E-state index in [-0.39, 0.29) is 0 Å². The zero-order chi connectivity index (χ0) is 3.54. The van der Waals surface area contributed by atoms with Crippen molar-refractivity contribution in [3.05, 3.63) is 5.01 Å². The van der Waals surface area contributed by atoms with Crippen molar-refractivity contribution >= 4 is 0 Å². The summed E-state index contributed by atoms with van der Waals surface area (Å²) in [4.78, 5) is 4.21. The van der Waals surface area contributed by atoms with E-state index in [0.717, 1.165) is 0 Å². The number of hydrogen-bond donors (Lipinski definition) is 1. The van der Waals surface area contributed by atoms with Gasteiger partial charge in [-0.1, -0.05) is 10.4 Å². The molecule has 1 heterocycles. The Morgan fingerprint density at radius 1 is 2.00 bits per heavy atom. The standard InChI is InChI=1S/C2H3N2O/c1-2-4-5-3-1/h3H,1H2/q+1. The second kappa shape index (κ2) is 0.911. The van der Waals surface area contributed by atoms with Gasteiger partial charge in [0.15, 0.2) is 6.54 Å². The van der Waals surface area contributed by atoms with Crippen molar-refractivity contribution in [2.45, 2.75) is 0 Å². The molecule has 0 saturated heterocycles. The molecule has 3 heteroatoms. The summed E-state index contributed by atoms with van der Waals surface area (Å²) in [6.45, 7) is 0.611. The predicted octanol–water partition coefficient (Wildman–Crippen LogP) is -0.231. The fraction of sp³-hybridized carbons (Fsp3) is 0.500. The van der Waals surface area contributed by atoms with Gasteiger partial charge in [-0.2, -0.15) is 0 Å². The molecule has 3 nitrogen and oxygen atoms in total. The Morgan fingerprint density at radius 2 is 3.00 bits per heavy atom. The molecule has 0 bridgehead atoms. The highest BCUT2D eigenvalue weighted by molar-refractivity contribution is 4.84. The van der Waals surface area contributed by atoms with E-state index in [1.165, 1.54) is 0 Å². The third kappa shape index (κ3) is 0.281. The van der Waals surface area contributed by atoms with Gasteiger partial charge in [-0.15, -0.1) is 0 Å². The Kier molecular flexibility index (Phi) is 0.453. The normalized spacial score (nSPS) is 16.0. The molecule has 0 fully saturated rings. The Hall–Kier alpha value is -0.750. The van der Waals surface area contributed by atoms with E-state index in [1.807, 2.05) is 0 Å². The van der Waals surface area contributed by atoms with Crippen LogP contribution in [-0.4, -0.2) is 6.54 Å². The minimum atomic E-state index is 0.611. The van der Waals surface area contributed by atoms with Gasteiger partial charge in [0, 0.05) is 0 Å². The largest absolute Gasteiger partial charge is 0.371 e. The molecule has 0 aromatic rings. The van der Waals surface area contributed by atoms with Gasteiger partial charge in [0.2, 0.25) is 5.01 Å². The number of nitrogens with zero attached hydrogens (tertiary/aromatic N) is 1. The Bertz CT molecular complexity index is 71.4. The summed E-state index contributed by atoms with van der Waals surface area (Å²) in [6.07, 6.45) is 0. The van der Waals surface area contributed by atoms with Crippen LogP contribution < -0.4 is 5.48 Å². The molecule has 0 aromatic carbocycles. The van der Waals surface area contributed by atoms with Gasteiger partial charge in [-0.05, 0) is 0 Å². The van der Waals surface area contributed by atoms with Crippen LogP contribution in [0.25, 0.3) is 5.01 Å². The smallest absolute Gasteiger partial charge is 0.0563 e. The highest BCUT2D eigenvalue weighted by atomic mass is 16.8. The fourth-order valence-electron chi connectivity index (χ4n) is 0.161. The van der Waals surface area contributed by atoms with Crippen LogP contribution in [0.2, 0.25) is 0 Å². The molecule has 1 N–H and O–H groups in total. The van der Waals surface area contributed by atoms with Gasteiger partial charge in [0.05, 0.1) is 0 Å². The first-order chi connectivity index (χ1) is 2.50. The Balaban J connectivity index is 2.42. The van der Waals surface area contributed by atoms with Gasteiger partial charge >= 0.3 is 6.07 Å². The molecule has 0 radical (unpaired) electrons. The van der Waals surface area contributed by atoms with Gasteiger partial charge in [0.25, 0.3) is 0 Å². The number of rotatable bonds is 0. The SMILES string of the molecule is C1#[N+]ONC1. The average Bonchev–Trinajstić information content (AvgIpc) is 1.76. The predicted molar refractivity (Wildman–Crippen MR) is 16.3 cm³/mol. The van der Waals surface area contributed by atoms with Gasteiger partial charge in [0.1, 0.15) is 0 Å². The maximum atomic E-state index is 4.21. The van der Waals surface area contributed by atoms with Crippen molar-refractivity contribution in [3.63, 3.8) is 0 Å². The molecule has 0 aliphatic carbocycles. The summed E-state index contributed by atoms with van der Waals surface area (Å²) in [6, 6.07) is 2.51. The lowest BCUT2D eigenvalue weighted by Gasteiger charge is -1.63. The minimum absolute atomic E-state index is 0.611. The van der Waals surface area contributed by atoms with E-state index >= 15 is 0 Å². The average molecular weight is 71.1 g/mol. The van der Waals surface area contributed by atoms with Crippen LogP contribution in [0.3, 0.4) is 0 Å². The van der Waals surface area contributed by atoms with Crippen LogP contribution in [-0.2, 0) is 4.94 Å². The Morgan fingerprint density at radius 3 is 3.20 bits per heavy atom. The fourth-order valence-corrected chi connectivity index (χ4v) is 0.161. The molecule has 1 aliphatic heterocycles. The molecule has 0 aromatic heterocycles. The minimum Gasteiger partial charge on any atom is -0.0563 e. The molecule has 0 atom stereocenters. The van der Waals surface area contributed by atoms with Gasteiger partial charge in [-0.25, -0.2) is 0 Å². The number of hydroxylamine groups is 1. The highest BCUT2D eigenvalue weighted by Crippen LogP contribution is 1.72. The second-order valence-electron chi connectivity index (χ2n) is 0.662. The van der Waals surface area contributed by atoms with Crippen molar-refractivity contribution in [1.29, 1.82) is 0 Å². The summed E-state index contributed by atoms with van der Waals surface area (Å²) in [5.41, 5.74) is 2.44. The lowest BCUT2D eigenvalue weighted by atomic mass is 10.8. The van der Waals surface area contributed by atoms with E-state index in [0.29, 0.717) is 6.54 Å². The summed E-state index contributed by atoms with van der Waals surface area (Å²) in [5, 5.41) is 3.22. The van der Waals surface area contributed by atoms with E-state index in [2.05, 4.69) is 21.5 Å². The van der Waals surface area contributed by atoms with Crippen molar-refractivity contribution in [2.24, 2.45) is 0 Å². The zero-order valence-electron chi connectivity index (χ0n) is 2.56. The van der Waals surface area contributed by atoms with Crippen molar-refractivity contribution in [1.82, 2.24) is 5.48 Å². The third-order valence-corrected chi connectivity index (χ3v) is 0.326. The van der Waals surface area contributed by atoms with Crippen LogP contribution in [0.1, 0.15) is 0 Å². The van der Waals surface area contributed by atoms with E-state index < -0.39 is 0 Å². The second-order valence-corrected chi connectivity index (χ2v) is 0.662. The van der Waals surface area contributed by atoms with Crippen molar-refractivity contribution in [3.8, 4) is 6.07 Å². The highest BCUT2D eigenvalue weighted by Gasteiger charge is 1.98. The molecule has 0 spiro atoms. The topological polar surface area (TPSA) is 25.6 Å². The molecular formula is C2H3N2O+. The molecule has 26 valence electrons. The zero-order valence-corrected chi connectivity index (χ0v) is 2.56. The maximum absolute atomic E-state index is 4.21. The summed E-state index contributed by atoms with van der Waals surface area (Å²) < 4.78 is 0. The van der Waals surface area contributed by atoms with Crippen molar-refractivity contribution < 1.29 is 4.94 Å². The van der Waals surface area contributed by atoms with Crippen molar-refractivity contribution in [2.75, 3.05) is 6.54 Å². The quantitative estimate of drug-likeness (QED) is 0.399. The first-order valence-electron chi connectivity index (χ1n) is 1.32. The molecule has 5 heavy (non-hydrogen) atoms. The van der Waals surface area contributed by atoms with Crippen LogP contribution in [0.15, 0.2) is 0 Å². The van der Waals surface area contributed by atoms with E-state index in [4.69, 9.17) is 0 Å². The van der Waals surface area contributed by atoms with Crippen LogP contribution in [0, 0.1) is 6.07 Å². The van der Waals surface area contributed by atoms with E-state index in [1.54, 1.807) is 0 Å². The number of nitrogens with one attached hydrogen (secondary N) is 1. The first-order valence-corrected chi connectivity index (χ1v) is 1.32. The van der Waals surface area contributed by atoms with Gasteiger partial charge < -0.3 is 0 Å². The maximum Gasteiger partial charge on any atom is 0.371 e. The molecule has 1 aliphatic rings. The molecular weight excluding hydrogens is 68.0 g/mol. The Labute approximate surface area is 29.3 Å². The first kappa shape index (κ1) is 2.49. The number of hydrogen-bond acceptors (Lipinski definition) is 2. The lowest BCUT2D eigenvalue weighted by Crippen LogP contribution is -2.03. The van der Waals surface area contributed by atoms with Crippen LogP contribution in [0.5, 0.6) is 0 Å². The molecule has 0 unspecified atom stereocenters. The molecule has 0 amide bonds. The van der Waals surface area contributed by atoms with Crippen LogP contribution >= 0.6 is 0 Å². The summed E-state index contributed by atoms with van der Waals surface area (Å²) >= 11 is 0. The van der Waals surface area contributed by atoms with E-state index in [9.17, 15) is 0 Å². The third-order valence-electron chi connectivity index (χ3n) is 0.326.